The van der Waals surface area contributed by atoms with Gasteiger partial charge in [-0.05, 0) is 31.2 Å². The Morgan fingerprint density at radius 3 is 2.80 bits per heavy atom. The first kappa shape index (κ1) is 14.7. The van der Waals surface area contributed by atoms with Gasteiger partial charge in [0, 0.05) is 25.2 Å². The molecular formula is C15H22N2O3. The quantitative estimate of drug-likeness (QED) is 0.875. The molecule has 1 fully saturated rings. The summed E-state index contributed by atoms with van der Waals surface area (Å²) in [5.74, 6) is 1.56. The molecule has 0 aromatic heterocycles. The van der Waals surface area contributed by atoms with E-state index in [0.29, 0.717) is 12.5 Å². The van der Waals surface area contributed by atoms with Crippen molar-refractivity contribution in [2.75, 3.05) is 34.4 Å². The number of likely N-dealkylation sites (N-methyl/N-ethyl adjacent to an activating group) is 1. The van der Waals surface area contributed by atoms with Crippen molar-refractivity contribution in [1.82, 2.24) is 10.2 Å². The normalized spacial score (nSPS) is 17.9. The number of benzene rings is 1. The zero-order valence-corrected chi connectivity index (χ0v) is 12.3. The van der Waals surface area contributed by atoms with Crippen molar-refractivity contribution in [3.8, 4) is 11.5 Å². The number of rotatable bonds is 5. The smallest absolute Gasteiger partial charge is 0.227 e. The fourth-order valence-electron chi connectivity index (χ4n) is 2.48. The highest BCUT2D eigenvalue weighted by Gasteiger charge is 2.23. The predicted molar refractivity (Wildman–Crippen MR) is 77.3 cm³/mol. The zero-order chi connectivity index (χ0) is 14.5. The predicted octanol–water partition coefficient (Wildman–Crippen LogP) is 1.07. The third kappa shape index (κ3) is 3.22. The van der Waals surface area contributed by atoms with Crippen LogP contribution in [-0.2, 0) is 11.2 Å². The lowest BCUT2D eigenvalue weighted by Crippen LogP contribution is -2.39. The Hall–Kier alpha value is -1.75. The minimum atomic E-state index is 0.102. The van der Waals surface area contributed by atoms with Gasteiger partial charge in [0.1, 0.15) is 11.5 Å². The molecule has 0 saturated carbocycles. The molecule has 1 saturated heterocycles. The molecular weight excluding hydrogens is 256 g/mol. The number of nitrogens with zero attached hydrogens (tertiary/aromatic N) is 1. The third-order valence-electron chi connectivity index (χ3n) is 3.80. The molecule has 1 N–H and O–H groups in total. The Morgan fingerprint density at radius 2 is 2.20 bits per heavy atom. The van der Waals surface area contributed by atoms with Gasteiger partial charge in [-0.1, -0.05) is 0 Å². The second-order valence-electron chi connectivity index (χ2n) is 5.01. The molecule has 2 rings (SSSR count). The van der Waals surface area contributed by atoms with Gasteiger partial charge in [0.25, 0.3) is 0 Å². The van der Waals surface area contributed by atoms with Gasteiger partial charge in [-0.15, -0.1) is 0 Å². The first-order chi connectivity index (χ1) is 9.65. The van der Waals surface area contributed by atoms with E-state index in [2.05, 4.69) is 5.32 Å². The fourth-order valence-corrected chi connectivity index (χ4v) is 2.48. The molecule has 20 heavy (non-hydrogen) atoms. The summed E-state index contributed by atoms with van der Waals surface area (Å²) in [7, 11) is 5.09. The lowest BCUT2D eigenvalue weighted by atomic mass is 10.1. The molecule has 1 aromatic rings. The molecule has 1 unspecified atom stereocenters. The number of amides is 1. The number of carbonyl (C=O) groups is 1. The van der Waals surface area contributed by atoms with Crippen LogP contribution >= 0.6 is 0 Å². The van der Waals surface area contributed by atoms with Crippen molar-refractivity contribution in [3.63, 3.8) is 0 Å². The van der Waals surface area contributed by atoms with Gasteiger partial charge < -0.3 is 19.7 Å². The van der Waals surface area contributed by atoms with Gasteiger partial charge in [0.15, 0.2) is 0 Å². The zero-order valence-electron chi connectivity index (χ0n) is 12.3. The maximum atomic E-state index is 12.4. The van der Waals surface area contributed by atoms with Crippen LogP contribution in [0.2, 0.25) is 0 Å². The van der Waals surface area contributed by atoms with E-state index in [1.807, 2.05) is 30.1 Å². The molecule has 1 atom stereocenters. The molecule has 5 nitrogen and oxygen atoms in total. The van der Waals surface area contributed by atoms with Crippen molar-refractivity contribution in [1.29, 1.82) is 0 Å². The van der Waals surface area contributed by atoms with Gasteiger partial charge in [-0.3, -0.25) is 4.79 Å². The maximum absolute atomic E-state index is 12.4. The Labute approximate surface area is 119 Å². The highest BCUT2D eigenvalue weighted by molar-refractivity contribution is 5.79. The highest BCUT2D eigenvalue weighted by Crippen LogP contribution is 2.25. The van der Waals surface area contributed by atoms with Crippen LogP contribution in [0.25, 0.3) is 0 Å². The summed E-state index contributed by atoms with van der Waals surface area (Å²) in [5.41, 5.74) is 0.856. The molecule has 1 amide bonds. The van der Waals surface area contributed by atoms with E-state index in [1.54, 1.807) is 14.2 Å². The minimum absolute atomic E-state index is 0.102. The van der Waals surface area contributed by atoms with E-state index >= 15 is 0 Å². The maximum Gasteiger partial charge on any atom is 0.227 e. The summed E-state index contributed by atoms with van der Waals surface area (Å²) in [4.78, 5) is 14.2. The van der Waals surface area contributed by atoms with Crippen LogP contribution in [0, 0.1) is 0 Å². The second kappa shape index (κ2) is 6.61. The molecule has 0 spiro atoms. The van der Waals surface area contributed by atoms with Crippen molar-refractivity contribution in [3.05, 3.63) is 23.8 Å². The SMILES string of the molecule is COc1ccc(OC)c(CC(=O)N(C)C2CCNC2)c1. The number of carbonyl (C=O) groups excluding carboxylic acids is 1. The van der Waals surface area contributed by atoms with Gasteiger partial charge in [0.2, 0.25) is 5.91 Å². The second-order valence-corrected chi connectivity index (χ2v) is 5.01. The van der Waals surface area contributed by atoms with E-state index in [0.717, 1.165) is 36.6 Å². The van der Waals surface area contributed by atoms with E-state index in [9.17, 15) is 4.79 Å². The molecule has 1 heterocycles. The van der Waals surface area contributed by atoms with Gasteiger partial charge >= 0.3 is 0 Å². The van der Waals surface area contributed by atoms with Crippen LogP contribution in [0.3, 0.4) is 0 Å². The van der Waals surface area contributed by atoms with Crippen LogP contribution in [0.15, 0.2) is 18.2 Å². The topological polar surface area (TPSA) is 50.8 Å². The molecule has 110 valence electrons. The first-order valence-corrected chi connectivity index (χ1v) is 6.83. The molecule has 0 bridgehead atoms. The van der Waals surface area contributed by atoms with E-state index in [1.165, 1.54) is 0 Å². The molecule has 1 aromatic carbocycles. The highest BCUT2D eigenvalue weighted by atomic mass is 16.5. The number of methoxy groups -OCH3 is 2. The summed E-state index contributed by atoms with van der Waals surface area (Å²) in [6.07, 6.45) is 1.34. The Kier molecular flexibility index (Phi) is 4.84. The van der Waals surface area contributed by atoms with E-state index in [4.69, 9.17) is 9.47 Å². The fraction of sp³-hybridized carbons (Fsp3) is 0.533. The number of nitrogens with one attached hydrogen (secondary N) is 1. The first-order valence-electron chi connectivity index (χ1n) is 6.83. The number of hydrogen-bond donors (Lipinski definition) is 1. The van der Waals surface area contributed by atoms with Gasteiger partial charge in [0.05, 0.1) is 20.6 Å². The largest absolute Gasteiger partial charge is 0.497 e. The van der Waals surface area contributed by atoms with Crippen molar-refractivity contribution < 1.29 is 14.3 Å². The van der Waals surface area contributed by atoms with Crippen molar-refractivity contribution in [2.24, 2.45) is 0 Å². The molecule has 0 aliphatic carbocycles. The Morgan fingerprint density at radius 1 is 1.40 bits per heavy atom. The van der Waals surface area contributed by atoms with E-state index in [-0.39, 0.29) is 5.91 Å². The average Bonchev–Trinajstić information content (AvgIpc) is 3.00. The lowest BCUT2D eigenvalue weighted by molar-refractivity contribution is -0.130. The summed E-state index contributed by atoms with van der Waals surface area (Å²) in [6.45, 7) is 1.85. The Balaban J connectivity index is 2.09. The van der Waals surface area contributed by atoms with Crippen molar-refractivity contribution in [2.45, 2.75) is 18.9 Å². The standard InChI is InChI=1S/C15H22N2O3/c1-17(12-6-7-16-10-12)15(18)9-11-8-13(19-2)4-5-14(11)20-3/h4-5,8,12,16H,6-7,9-10H2,1-3H3. The third-order valence-corrected chi connectivity index (χ3v) is 3.80. The Bertz CT molecular complexity index is 470. The summed E-state index contributed by atoms with van der Waals surface area (Å²) >= 11 is 0. The molecule has 1 aliphatic rings. The van der Waals surface area contributed by atoms with Crippen molar-refractivity contribution >= 4 is 5.91 Å². The van der Waals surface area contributed by atoms with Gasteiger partial charge in [-0.25, -0.2) is 0 Å². The summed E-state index contributed by atoms with van der Waals surface area (Å²) in [6, 6.07) is 5.81. The molecule has 1 aliphatic heterocycles. The van der Waals surface area contributed by atoms with Crippen LogP contribution < -0.4 is 14.8 Å². The number of hydrogen-bond acceptors (Lipinski definition) is 4. The molecule has 0 radical (unpaired) electrons. The molecule has 5 heteroatoms. The average molecular weight is 278 g/mol. The summed E-state index contributed by atoms with van der Waals surface area (Å²) < 4.78 is 10.5. The van der Waals surface area contributed by atoms with Crippen LogP contribution in [0.5, 0.6) is 11.5 Å². The van der Waals surface area contributed by atoms with Gasteiger partial charge in [-0.2, -0.15) is 0 Å². The minimum Gasteiger partial charge on any atom is -0.497 e. The number of ether oxygens (including phenoxy) is 2. The summed E-state index contributed by atoms with van der Waals surface area (Å²) in [5, 5.41) is 3.27. The monoisotopic (exact) mass is 278 g/mol. The van der Waals surface area contributed by atoms with Crippen LogP contribution in [0.4, 0.5) is 0 Å². The van der Waals surface area contributed by atoms with Crippen LogP contribution in [0.1, 0.15) is 12.0 Å². The van der Waals surface area contributed by atoms with E-state index < -0.39 is 0 Å². The lowest BCUT2D eigenvalue weighted by Gasteiger charge is -2.24. The van der Waals surface area contributed by atoms with Crippen LogP contribution in [-0.4, -0.2) is 51.2 Å².